The Balaban J connectivity index is 0.000000538. The molecule has 0 bridgehead atoms. The Morgan fingerprint density at radius 2 is 1.75 bits per heavy atom. The van der Waals surface area contributed by atoms with Crippen LogP contribution in [0.15, 0.2) is 48.5 Å². The Morgan fingerprint density at radius 3 is 2.31 bits per heavy atom. The third-order valence-corrected chi connectivity index (χ3v) is 6.93. The number of hydrogen-bond donors (Lipinski definition) is 3. The van der Waals surface area contributed by atoms with E-state index in [1.165, 1.54) is 5.56 Å². The van der Waals surface area contributed by atoms with Gasteiger partial charge < -0.3 is 20.3 Å². The smallest absolute Gasteiger partial charge is 0.414 e. The quantitative estimate of drug-likeness (QED) is 0.519. The lowest BCUT2D eigenvalue weighted by Gasteiger charge is -2.46. The van der Waals surface area contributed by atoms with Gasteiger partial charge in [0.2, 0.25) is 0 Å². The van der Waals surface area contributed by atoms with Gasteiger partial charge in [-0.3, -0.25) is 9.80 Å². The van der Waals surface area contributed by atoms with E-state index < -0.39 is 11.9 Å². The number of ether oxygens (including phenoxy) is 1. The van der Waals surface area contributed by atoms with Crippen LogP contribution in [0.3, 0.4) is 0 Å². The Labute approximate surface area is 211 Å². The summed E-state index contributed by atoms with van der Waals surface area (Å²) in [4.78, 5) is 23.3. The molecule has 1 unspecified atom stereocenters. The van der Waals surface area contributed by atoms with Gasteiger partial charge in [0.05, 0.1) is 7.11 Å². The highest BCUT2D eigenvalue weighted by Crippen LogP contribution is 2.37. The summed E-state index contributed by atoms with van der Waals surface area (Å²) >= 11 is 0. The molecule has 3 N–H and O–H groups in total. The highest BCUT2D eigenvalue weighted by molar-refractivity contribution is 6.27. The number of nitrogens with zero attached hydrogens (tertiary/aromatic N) is 2. The largest absolute Gasteiger partial charge is 0.497 e. The van der Waals surface area contributed by atoms with E-state index in [0.29, 0.717) is 18.0 Å². The van der Waals surface area contributed by atoms with Gasteiger partial charge in [-0.2, -0.15) is 0 Å². The van der Waals surface area contributed by atoms with Crippen LogP contribution in [0.2, 0.25) is 0 Å². The first kappa shape index (κ1) is 27.6. The van der Waals surface area contributed by atoms with Gasteiger partial charge in [0.15, 0.2) is 0 Å². The Bertz CT molecular complexity index is 983. The van der Waals surface area contributed by atoms with Gasteiger partial charge >= 0.3 is 11.9 Å². The molecular weight excluding hydrogens is 465 g/mol. The van der Waals surface area contributed by atoms with Crippen LogP contribution in [0.5, 0.6) is 5.75 Å². The number of methoxy groups -OCH3 is 1. The molecule has 2 atom stereocenters. The maximum atomic E-state index is 14.1. The lowest BCUT2D eigenvalue weighted by Crippen LogP contribution is -2.53. The zero-order valence-electron chi connectivity index (χ0n) is 20.9. The van der Waals surface area contributed by atoms with Crippen molar-refractivity contribution in [2.45, 2.75) is 38.4 Å². The van der Waals surface area contributed by atoms with Crippen molar-refractivity contribution in [2.75, 3.05) is 39.8 Å². The number of piperazine rings is 1. The molecule has 0 saturated carbocycles. The molecule has 2 aliphatic rings. The van der Waals surface area contributed by atoms with Gasteiger partial charge in [-0.1, -0.05) is 24.3 Å². The van der Waals surface area contributed by atoms with E-state index in [9.17, 15) is 4.39 Å². The van der Waals surface area contributed by atoms with Crippen molar-refractivity contribution in [1.29, 1.82) is 0 Å². The minimum absolute atomic E-state index is 0.128. The first-order chi connectivity index (χ1) is 17.3. The fraction of sp³-hybridized carbons (Fsp3) is 0.481. The number of piperidine rings is 1. The van der Waals surface area contributed by atoms with Gasteiger partial charge in [-0.05, 0) is 74.2 Å². The number of carbonyl (C=O) groups is 2. The second-order valence-electron chi connectivity index (χ2n) is 9.36. The van der Waals surface area contributed by atoms with Gasteiger partial charge in [0.1, 0.15) is 11.6 Å². The van der Waals surface area contributed by atoms with Crippen molar-refractivity contribution in [2.24, 2.45) is 5.92 Å². The zero-order valence-corrected chi connectivity index (χ0v) is 20.9. The SMILES string of the molecule is COc1ccc(CN2CCC(C(c3cccc(F)c3)N3CCNC[C@@H]3C)CC2)cc1.O=C(O)C(=O)O. The summed E-state index contributed by atoms with van der Waals surface area (Å²) in [6.07, 6.45) is 2.29. The summed E-state index contributed by atoms with van der Waals surface area (Å²) in [5, 5.41) is 18.3. The molecule has 0 spiro atoms. The fourth-order valence-corrected chi connectivity index (χ4v) is 5.11. The van der Waals surface area contributed by atoms with Crippen molar-refractivity contribution in [3.63, 3.8) is 0 Å². The van der Waals surface area contributed by atoms with E-state index in [4.69, 9.17) is 24.5 Å². The molecule has 2 heterocycles. The van der Waals surface area contributed by atoms with E-state index in [2.05, 4.69) is 40.2 Å². The molecule has 9 heteroatoms. The summed E-state index contributed by atoms with van der Waals surface area (Å²) in [7, 11) is 1.70. The summed E-state index contributed by atoms with van der Waals surface area (Å²) in [6.45, 7) is 8.47. The highest BCUT2D eigenvalue weighted by Gasteiger charge is 2.35. The second kappa shape index (κ2) is 13.3. The lowest BCUT2D eigenvalue weighted by molar-refractivity contribution is -0.159. The van der Waals surface area contributed by atoms with E-state index in [1.54, 1.807) is 19.2 Å². The number of carboxylic acids is 2. The predicted octanol–water partition coefficient (Wildman–Crippen LogP) is 3.24. The Hall–Kier alpha value is -3.01. The molecule has 2 fully saturated rings. The molecule has 0 amide bonds. The Kier molecular flexibility index (Phi) is 10.2. The van der Waals surface area contributed by atoms with Crippen molar-refractivity contribution < 1.29 is 28.9 Å². The minimum Gasteiger partial charge on any atom is -0.497 e. The molecule has 4 rings (SSSR count). The summed E-state index contributed by atoms with van der Waals surface area (Å²) in [5.74, 6) is -2.32. The standard InChI is InChI=1S/C25H34FN3O.C2H2O4/c1-19-17-27-12-15-29(19)25(22-4-3-5-23(26)16-22)21-10-13-28(14-11-21)18-20-6-8-24(30-2)9-7-20;3-1(4)2(5)6/h3-9,16,19,21,25,27H,10-15,17-18H2,1-2H3;(H,3,4)(H,5,6)/t19-,25?;/m0./s1. The van der Waals surface area contributed by atoms with Crippen LogP contribution in [0.4, 0.5) is 4.39 Å². The number of benzene rings is 2. The summed E-state index contributed by atoms with van der Waals surface area (Å²) in [6, 6.07) is 16.4. The van der Waals surface area contributed by atoms with Crippen molar-refractivity contribution in [3.8, 4) is 5.75 Å². The summed E-state index contributed by atoms with van der Waals surface area (Å²) in [5.41, 5.74) is 2.46. The number of likely N-dealkylation sites (tertiary alicyclic amines) is 1. The van der Waals surface area contributed by atoms with Crippen LogP contribution < -0.4 is 10.1 Å². The van der Waals surface area contributed by atoms with E-state index >= 15 is 0 Å². The van der Waals surface area contributed by atoms with Crippen LogP contribution in [-0.4, -0.2) is 77.8 Å². The normalized spacial score (nSPS) is 20.1. The van der Waals surface area contributed by atoms with Crippen LogP contribution in [0.25, 0.3) is 0 Å². The lowest BCUT2D eigenvalue weighted by atomic mass is 9.83. The van der Waals surface area contributed by atoms with Gasteiger partial charge in [0, 0.05) is 38.3 Å². The summed E-state index contributed by atoms with van der Waals surface area (Å²) < 4.78 is 19.3. The third-order valence-electron chi connectivity index (χ3n) is 6.93. The van der Waals surface area contributed by atoms with Crippen molar-refractivity contribution in [1.82, 2.24) is 15.1 Å². The molecule has 8 nitrogen and oxygen atoms in total. The molecule has 0 radical (unpaired) electrons. The van der Waals surface area contributed by atoms with E-state index in [1.807, 2.05) is 18.2 Å². The van der Waals surface area contributed by atoms with Gasteiger partial charge in [0.25, 0.3) is 0 Å². The fourth-order valence-electron chi connectivity index (χ4n) is 5.11. The molecule has 2 aromatic rings. The first-order valence-corrected chi connectivity index (χ1v) is 12.3. The monoisotopic (exact) mass is 501 g/mol. The number of hydrogen-bond acceptors (Lipinski definition) is 6. The molecule has 36 heavy (non-hydrogen) atoms. The molecule has 2 saturated heterocycles. The van der Waals surface area contributed by atoms with Crippen LogP contribution in [0.1, 0.15) is 36.9 Å². The van der Waals surface area contributed by atoms with Crippen molar-refractivity contribution >= 4 is 11.9 Å². The average molecular weight is 502 g/mol. The van der Waals surface area contributed by atoms with E-state index in [0.717, 1.165) is 63.4 Å². The zero-order chi connectivity index (χ0) is 26.1. The number of nitrogens with one attached hydrogen (secondary N) is 1. The number of halogens is 1. The minimum atomic E-state index is -1.82. The van der Waals surface area contributed by atoms with Crippen LogP contribution >= 0.6 is 0 Å². The number of aliphatic carboxylic acids is 2. The average Bonchev–Trinajstić information content (AvgIpc) is 2.87. The maximum Gasteiger partial charge on any atom is 0.414 e. The van der Waals surface area contributed by atoms with Crippen LogP contribution in [-0.2, 0) is 16.1 Å². The van der Waals surface area contributed by atoms with Gasteiger partial charge in [-0.15, -0.1) is 0 Å². The number of rotatable bonds is 6. The molecular formula is C27H36FN3O5. The molecule has 0 aromatic heterocycles. The Morgan fingerprint density at radius 1 is 1.08 bits per heavy atom. The first-order valence-electron chi connectivity index (χ1n) is 12.3. The number of carboxylic acid groups (broad SMARTS) is 2. The maximum absolute atomic E-state index is 14.1. The molecule has 196 valence electrons. The molecule has 2 aliphatic heterocycles. The van der Waals surface area contributed by atoms with Gasteiger partial charge in [-0.25, -0.2) is 14.0 Å². The molecule has 2 aromatic carbocycles. The van der Waals surface area contributed by atoms with Crippen molar-refractivity contribution in [3.05, 3.63) is 65.5 Å². The topological polar surface area (TPSA) is 102 Å². The van der Waals surface area contributed by atoms with Crippen LogP contribution in [0, 0.1) is 11.7 Å². The third kappa shape index (κ3) is 7.74. The second-order valence-corrected chi connectivity index (χ2v) is 9.36. The predicted molar refractivity (Wildman–Crippen MR) is 134 cm³/mol. The molecule has 0 aliphatic carbocycles. The highest BCUT2D eigenvalue weighted by atomic mass is 19.1. The van der Waals surface area contributed by atoms with E-state index in [-0.39, 0.29) is 5.82 Å².